The maximum absolute atomic E-state index is 12.8. The molecule has 0 spiro atoms. The molecule has 0 aliphatic carbocycles. The van der Waals surface area contributed by atoms with Crippen molar-refractivity contribution < 1.29 is 13.3 Å². The molecule has 11 heteroatoms. The second-order valence-electron chi connectivity index (χ2n) is 6.93. The lowest BCUT2D eigenvalue weighted by atomic mass is 10.1. The third-order valence-electron chi connectivity index (χ3n) is 5.04. The number of aromatic nitrogens is 2. The summed E-state index contributed by atoms with van der Waals surface area (Å²) in [7, 11) is -3.72. The van der Waals surface area contributed by atoms with Crippen LogP contribution in [0.3, 0.4) is 0 Å². The van der Waals surface area contributed by atoms with E-state index < -0.39 is 14.9 Å². The molecule has 0 unspecified atom stereocenters. The summed E-state index contributed by atoms with van der Waals surface area (Å²) in [6, 6.07) is 16.0. The summed E-state index contributed by atoms with van der Waals surface area (Å²) >= 11 is 5.91. The van der Waals surface area contributed by atoms with Gasteiger partial charge in [-0.3, -0.25) is 10.1 Å². The molecule has 0 bridgehead atoms. The predicted octanol–water partition coefficient (Wildman–Crippen LogP) is 3.22. The second-order valence-corrected chi connectivity index (χ2v) is 9.30. The van der Waals surface area contributed by atoms with Gasteiger partial charge >= 0.3 is 0 Å². The Hall–Kier alpha value is -3.08. The van der Waals surface area contributed by atoms with E-state index in [0.717, 1.165) is 11.3 Å². The van der Waals surface area contributed by atoms with Crippen molar-refractivity contribution in [3.8, 4) is 11.3 Å². The maximum atomic E-state index is 12.8. The molecule has 0 N–H and O–H groups in total. The van der Waals surface area contributed by atoms with Crippen LogP contribution in [0.1, 0.15) is 0 Å². The first kappa shape index (κ1) is 21.2. The normalized spacial score (nSPS) is 15.1. The van der Waals surface area contributed by atoms with Crippen molar-refractivity contribution in [2.24, 2.45) is 0 Å². The van der Waals surface area contributed by atoms with Gasteiger partial charge in [0.05, 0.1) is 15.5 Å². The fourth-order valence-corrected chi connectivity index (χ4v) is 4.86. The van der Waals surface area contributed by atoms with Gasteiger partial charge < -0.3 is 4.90 Å². The summed E-state index contributed by atoms with van der Waals surface area (Å²) in [5.74, 6) is 0.671. The maximum Gasteiger partial charge on any atom is 0.269 e. The van der Waals surface area contributed by atoms with Crippen molar-refractivity contribution >= 4 is 33.1 Å². The first-order chi connectivity index (χ1) is 14.8. The van der Waals surface area contributed by atoms with Crippen molar-refractivity contribution in [2.75, 3.05) is 31.1 Å². The lowest BCUT2D eigenvalue weighted by molar-refractivity contribution is -0.384. The fraction of sp³-hybridized carbons (Fsp3) is 0.200. The average molecular weight is 460 g/mol. The van der Waals surface area contributed by atoms with Gasteiger partial charge in [0.15, 0.2) is 5.82 Å². The minimum atomic E-state index is -3.72. The molecule has 2 aromatic carbocycles. The second kappa shape index (κ2) is 8.58. The molecule has 1 saturated heterocycles. The van der Waals surface area contributed by atoms with Crippen molar-refractivity contribution in [3.05, 3.63) is 75.8 Å². The van der Waals surface area contributed by atoms with Crippen LogP contribution in [0.5, 0.6) is 0 Å². The van der Waals surface area contributed by atoms with E-state index in [2.05, 4.69) is 10.2 Å². The molecule has 4 rings (SSSR count). The molecular weight excluding hydrogens is 442 g/mol. The smallest absolute Gasteiger partial charge is 0.269 e. The van der Waals surface area contributed by atoms with Crippen LogP contribution in [0.2, 0.25) is 5.02 Å². The zero-order valence-corrected chi connectivity index (χ0v) is 17.8. The molecule has 0 saturated carbocycles. The standard InChI is InChI=1S/C20H18ClN5O4S/c21-16-3-1-15(2-4-16)19-9-10-20(23-22-19)24-11-13-25(14-12-24)31(29,30)18-7-5-17(6-8-18)26(27)28/h1-10H,11-14H2. The number of hydrogen-bond donors (Lipinski definition) is 0. The Balaban J connectivity index is 1.42. The fourth-order valence-electron chi connectivity index (χ4n) is 3.31. The third-order valence-corrected chi connectivity index (χ3v) is 7.20. The Morgan fingerprint density at radius 1 is 0.871 bits per heavy atom. The van der Waals surface area contributed by atoms with E-state index in [-0.39, 0.29) is 23.7 Å². The van der Waals surface area contributed by atoms with Crippen LogP contribution >= 0.6 is 11.6 Å². The zero-order chi connectivity index (χ0) is 22.0. The molecule has 1 aliphatic heterocycles. The van der Waals surface area contributed by atoms with E-state index in [9.17, 15) is 18.5 Å². The Bertz CT molecular complexity index is 1180. The molecule has 31 heavy (non-hydrogen) atoms. The first-order valence-electron chi connectivity index (χ1n) is 9.44. The number of nitro benzene ring substituents is 1. The number of benzene rings is 2. The topological polar surface area (TPSA) is 110 Å². The van der Waals surface area contributed by atoms with Gasteiger partial charge in [-0.1, -0.05) is 23.7 Å². The van der Waals surface area contributed by atoms with Gasteiger partial charge in [-0.25, -0.2) is 8.42 Å². The summed E-state index contributed by atoms with van der Waals surface area (Å²) in [5, 5.41) is 20.0. The van der Waals surface area contributed by atoms with Gasteiger partial charge in [0, 0.05) is 48.9 Å². The van der Waals surface area contributed by atoms with E-state index in [1.807, 2.05) is 29.2 Å². The van der Waals surface area contributed by atoms with Gasteiger partial charge in [-0.05, 0) is 36.4 Å². The highest BCUT2D eigenvalue weighted by Gasteiger charge is 2.29. The third kappa shape index (κ3) is 4.50. The number of halogens is 1. The molecule has 0 atom stereocenters. The Morgan fingerprint density at radius 2 is 1.52 bits per heavy atom. The van der Waals surface area contributed by atoms with Gasteiger partial charge in [0.2, 0.25) is 10.0 Å². The predicted molar refractivity (Wildman–Crippen MR) is 117 cm³/mol. The average Bonchev–Trinajstić information content (AvgIpc) is 2.80. The van der Waals surface area contributed by atoms with Crippen LogP contribution in [0, 0.1) is 10.1 Å². The minimum absolute atomic E-state index is 0.0404. The van der Waals surface area contributed by atoms with Gasteiger partial charge in [0.25, 0.3) is 5.69 Å². The van der Waals surface area contributed by atoms with Gasteiger partial charge in [0.1, 0.15) is 0 Å². The Kier molecular flexibility index (Phi) is 5.86. The highest BCUT2D eigenvalue weighted by molar-refractivity contribution is 7.89. The van der Waals surface area contributed by atoms with Crippen LogP contribution in [0.25, 0.3) is 11.3 Å². The summed E-state index contributed by atoms with van der Waals surface area (Å²) < 4.78 is 27.0. The van der Waals surface area contributed by atoms with E-state index in [4.69, 9.17) is 11.6 Å². The molecule has 3 aromatic rings. The largest absolute Gasteiger partial charge is 0.352 e. The minimum Gasteiger partial charge on any atom is -0.352 e. The van der Waals surface area contributed by atoms with Crippen molar-refractivity contribution in [2.45, 2.75) is 4.90 Å². The van der Waals surface area contributed by atoms with Gasteiger partial charge in [-0.2, -0.15) is 4.31 Å². The van der Waals surface area contributed by atoms with Crippen molar-refractivity contribution in [1.82, 2.24) is 14.5 Å². The monoisotopic (exact) mass is 459 g/mol. The zero-order valence-electron chi connectivity index (χ0n) is 16.3. The summed E-state index contributed by atoms with van der Waals surface area (Å²) in [6.45, 7) is 1.47. The lowest BCUT2D eigenvalue weighted by Gasteiger charge is -2.34. The highest BCUT2D eigenvalue weighted by atomic mass is 35.5. The van der Waals surface area contributed by atoms with E-state index in [0.29, 0.717) is 23.9 Å². The van der Waals surface area contributed by atoms with E-state index in [1.54, 1.807) is 12.1 Å². The number of anilines is 1. The quantitative estimate of drug-likeness (QED) is 0.425. The van der Waals surface area contributed by atoms with Crippen molar-refractivity contribution in [3.63, 3.8) is 0 Å². The SMILES string of the molecule is O=[N+]([O-])c1ccc(S(=O)(=O)N2CCN(c3ccc(-c4ccc(Cl)cc4)nn3)CC2)cc1. The first-order valence-corrected chi connectivity index (χ1v) is 11.3. The number of sulfonamides is 1. The highest BCUT2D eigenvalue weighted by Crippen LogP contribution is 2.24. The molecule has 1 aliphatic rings. The molecule has 1 aromatic heterocycles. The van der Waals surface area contributed by atoms with Crippen LogP contribution in [0.15, 0.2) is 65.6 Å². The Labute approximate surface area is 184 Å². The van der Waals surface area contributed by atoms with Crippen LogP contribution in [-0.2, 0) is 10.0 Å². The van der Waals surface area contributed by atoms with Crippen LogP contribution in [0.4, 0.5) is 11.5 Å². The molecule has 160 valence electrons. The molecule has 0 amide bonds. The summed E-state index contributed by atoms with van der Waals surface area (Å²) in [4.78, 5) is 12.2. The summed E-state index contributed by atoms with van der Waals surface area (Å²) in [5.41, 5.74) is 1.48. The molecule has 9 nitrogen and oxygen atoms in total. The molecular formula is C20H18ClN5O4S. The number of piperazine rings is 1. The van der Waals surface area contributed by atoms with Gasteiger partial charge in [-0.15, -0.1) is 10.2 Å². The number of non-ortho nitro benzene ring substituents is 1. The lowest BCUT2D eigenvalue weighted by Crippen LogP contribution is -2.48. The number of hydrogen-bond acceptors (Lipinski definition) is 7. The van der Waals surface area contributed by atoms with E-state index in [1.165, 1.54) is 28.6 Å². The molecule has 1 fully saturated rings. The number of nitro groups is 1. The Morgan fingerprint density at radius 3 is 2.06 bits per heavy atom. The molecule has 2 heterocycles. The molecule has 0 radical (unpaired) electrons. The van der Waals surface area contributed by atoms with Crippen LogP contribution in [-0.4, -0.2) is 54.0 Å². The number of rotatable bonds is 5. The van der Waals surface area contributed by atoms with Crippen molar-refractivity contribution in [1.29, 1.82) is 0 Å². The van der Waals surface area contributed by atoms with E-state index >= 15 is 0 Å². The van der Waals surface area contributed by atoms with Crippen LogP contribution < -0.4 is 4.90 Å². The summed E-state index contributed by atoms with van der Waals surface area (Å²) in [6.07, 6.45) is 0. The number of nitrogens with zero attached hydrogens (tertiary/aromatic N) is 5.